The van der Waals surface area contributed by atoms with Gasteiger partial charge in [-0.3, -0.25) is 9.78 Å². The maximum Gasteiger partial charge on any atom is 0.253 e. The summed E-state index contributed by atoms with van der Waals surface area (Å²) in [5, 5.41) is 2.13. The van der Waals surface area contributed by atoms with E-state index in [4.69, 9.17) is 0 Å². The number of carbonyl (C=O) groups is 1. The zero-order valence-electron chi connectivity index (χ0n) is 10.5. The highest BCUT2D eigenvalue weighted by Crippen LogP contribution is 2.29. The van der Waals surface area contributed by atoms with Gasteiger partial charge in [-0.05, 0) is 42.3 Å². The number of rotatable bonds is 3. The molecule has 1 fully saturated rings. The first-order chi connectivity index (χ1) is 8.74. The predicted molar refractivity (Wildman–Crippen MR) is 71.4 cm³/mol. The zero-order valence-corrected chi connectivity index (χ0v) is 10.5. The van der Waals surface area contributed by atoms with Crippen molar-refractivity contribution in [2.75, 3.05) is 13.6 Å². The molecule has 0 aliphatic heterocycles. The van der Waals surface area contributed by atoms with Crippen molar-refractivity contribution < 1.29 is 4.79 Å². The molecule has 0 atom stereocenters. The van der Waals surface area contributed by atoms with Crippen molar-refractivity contribution in [3.63, 3.8) is 0 Å². The molecule has 1 heterocycles. The molecule has 92 valence electrons. The molecule has 0 unspecified atom stereocenters. The van der Waals surface area contributed by atoms with Crippen LogP contribution in [-0.4, -0.2) is 29.4 Å². The van der Waals surface area contributed by atoms with E-state index < -0.39 is 0 Å². The maximum atomic E-state index is 12.3. The number of nitrogens with zero attached hydrogens (tertiary/aromatic N) is 2. The van der Waals surface area contributed by atoms with E-state index >= 15 is 0 Å². The van der Waals surface area contributed by atoms with Crippen molar-refractivity contribution >= 4 is 16.7 Å². The Bertz CT molecular complexity index is 590. The summed E-state index contributed by atoms with van der Waals surface area (Å²) in [6.07, 6.45) is 6.10. The number of carbonyl (C=O) groups excluding carboxylic acids is 1. The molecule has 1 amide bonds. The van der Waals surface area contributed by atoms with Crippen molar-refractivity contribution in [2.45, 2.75) is 12.8 Å². The van der Waals surface area contributed by atoms with Crippen LogP contribution in [-0.2, 0) is 0 Å². The molecule has 1 aromatic heterocycles. The summed E-state index contributed by atoms with van der Waals surface area (Å²) in [4.78, 5) is 18.2. The average Bonchev–Trinajstić information content (AvgIpc) is 3.21. The van der Waals surface area contributed by atoms with Gasteiger partial charge in [0, 0.05) is 36.9 Å². The van der Waals surface area contributed by atoms with E-state index in [1.807, 2.05) is 42.4 Å². The van der Waals surface area contributed by atoms with Crippen LogP contribution in [0, 0.1) is 5.92 Å². The number of benzene rings is 1. The second kappa shape index (κ2) is 4.41. The summed E-state index contributed by atoms with van der Waals surface area (Å²) < 4.78 is 0. The summed E-state index contributed by atoms with van der Waals surface area (Å²) in [5.74, 6) is 0.837. The number of hydrogen-bond donors (Lipinski definition) is 0. The van der Waals surface area contributed by atoms with Crippen LogP contribution in [0.4, 0.5) is 0 Å². The van der Waals surface area contributed by atoms with E-state index in [9.17, 15) is 4.79 Å². The second-order valence-corrected chi connectivity index (χ2v) is 5.07. The van der Waals surface area contributed by atoms with Crippen molar-refractivity contribution in [3.8, 4) is 0 Å². The van der Waals surface area contributed by atoms with Gasteiger partial charge in [0.25, 0.3) is 5.91 Å². The molecule has 0 radical (unpaired) electrons. The second-order valence-electron chi connectivity index (χ2n) is 5.07. The number of fused-ring (bicyclic) bond motifs is 1. The summed E-state index contributed by atoms with van der Waals surface area (Å²) in [6, 6.07) is 7.73. The Labute approximate surface area is 106 Å². The summed E-state index contributed by atoms with van der Waals surface area (Å²) in [6.45, 7) is 0.882. The fourth-order valence-electron chi connectivity index (χ4n) is 2.21. The third kappa shape index (κ3) is 2.21. The maximum absolute atomic E-state index is 12.3. The first-order valence-corrected chi connectivity index (χ1v) is 6.33. The molecular formula is C15H16N2O. The quantitative estimate of drug-likeness (QED) is 0.826. The molecule has 1 aliphatic rings. The number of amides is 1. The van der Waals surface area contributed by atoms with E-state index in [0.717, 1.165) is 28.8 Å². The van der Waals surface area contributed by atoms with Crippen LogP contribution >= 0.6 is 0 Å². The molecular weight excluding hydrogens is 224 g/mol. The Morgan fingerprint density at radius 1 is 1.33 bits per heavy atom. The third-order valence-corrected chi connectivity index (χ3v) is 3.46. The lowest BCUT2D eigenvalue weighted by molar-refractivity contribution is 0.0789. The molecule has 1 aliphatic carbocycles. The Balaban J connectivity index is 1.86. The van der Waals surface area contributed by atoms with Gasteiger partial charge in [-0.1, -0.05) is 6.07 Å². The van der Waals surface area contributed by atoms with Crippen LogP contribution in [0.5, 0.6) is 0 Å². The van der Waals surface area contributed by atoms with Gasteiger partial charge in [-0.2, -0.15) is 0 Å². The Morgan fingerprint density at radius 2 is 2.17 bits per heavy atom. The molecule has 3 heteroatoms. The largest absolute Gasteiger partial charge is 0.341 e. The lowest BCUT2D eigenvalue weighted by atomic mass is 10.1. The van der Waals surface area contributed by atoms with Crippen molar-refractivity contribution in [1.29, 1.82) is 0 Å². The van der Waals surface area contributed by atoms with E-state index in [2.05, 4.69) is 4.98 Å². The topological polar surface area (TPSA) is 33.2 Å². The average molecular weight is 240 g/mol. The standard InChI is InChI=1S/C15H16N2O/c1-17(10-11-2-3-11)15(18)13-4-5-14-9-16-7-6-12(14)8-13/h4-9,11H,2-3,10H2,1H3. The van der Waals surface area contributed by atoms with E-state index in [1.54, 1.807) is 6.20 Å². The summed E-state index contributed by atoms with van der Waals surface area (Å²) >= 11 is 0. The number of hydrogen-bond acceptors (Lipinski definition) is 2. The van der Waals surface area contributed by atoms with Gasteiger partial charge in [0.2, 0.25) is 0 Å². The molecule has 3 nitrogen and oxygen atoms in total. The molecule has 1 aromatic carbocycles. The van der Waals surface area contributed by atoms with Gasteiger partial charge >= 0.3 is 0 Å². The van der Waals surface area contributed by atoms with Gasteiger partial charge in [0.1, 0.15) is 0 Å². The fourth-order valence-corrected chi connectivity index (χ4v) is 2.21. The predicted octanol–water partition coefficient (Wildman–Crippen LogP) is 2.72. The van der Waals surface area contributed by atoms with Gasteiger partial charge in [-0.15, -0.1) is 0 Å². The number of pyridine rings is 1. The zero-order chi connectivity index (χ0) is 12.5. The normalized spacial score (nSPS) is 14.7. The Morgan fingerprint density at radius 3 is 2.94 bits per heavy atom. The van der Waals surface area contributed by atoms with Gasteiger partial charge in [0.05, 0.1) is 0 Å². The molecule has 1 saturated carbocycles. The van der Waals surface area contributed by atoms with Crippen LogP contribution in [0.15, 0.2) is 36.7 Å². The minimum atomic E-state index is 0.112. The minimum Gasteiger partial charge on any atom is -0.341 e. The molecule has 3 rings (SSSR count). The Kier molecular flexibility index (Phi) is 2.74. The first-order valence-electron chi connectivity index (χ1n) is 6.33. The van der Waals surface area contributed by atoms with Crippen LogP contribution in [0.3, 0.4) is 0 Å². The summed E-state index contributed by atoms with van der Waals surface area (Å²) in [7, 11) is 1.89. The highest BCUT2D eigenvalue weighted by molar-refractivity contribution is 5.98. The lowest BCUT2D eigenvalue weighted by Crippen LogP contribution is -2.28. The highest BCUT2D eigenvalue weighted by atomic mass is 16.2. The monoisotopic (exact) mass is 240 g/mol. The van der Waals surface area contributed by atoms with Crippen molar-refractivity contribution in [3.05, 3.63) is 42.2 Å². The van der Waals surface area contributed by atoms with Crippen LogP contribution in [0.25, 0.3) is 10.8 Å². The van der Waals surface area contributed by atoms with E-state index in [1.165, 1.54) is 12.8 Å². The molecule has 2 aromatic rings. The lowest BCUT2D eigenvalue weighted by Gasteiger charge is -2.17. The first kappa shape index (κ1) is 11.2. The van der Waals surface area contributed by atoms with E-state index in [0.29, 0.717) is 0 Å². The minimum absolute atomic E-state index is 0.112. The third-order valence-electron chi connectivity index (χ3n) is 3.46. The molecule has 0 spiro atoms. The number of aromatic nitrogens is 1. The van der Waals surface area contributed by atoms with Crippen molar-refractivity contribution in [1.82, 2.24) is 9.88 Å². The molecule has 0 saturated heterocycles. The summed E-state index contributed by atoms with van der Waals surface area (Å²) in [5.41, 5.74) is 0.761. The van der Waals surface area contributed by atoms with Gasteiger partial charge in [-0.25, -0.2) is 0 Å². The van der Waals surface area contributed by atoms with Crippen LogP contribution in [0.1, 0.15) is 23.2 Å². The Hall–Kier alpha value is -1.90. The van der Waals surface area contributed by atoms with Crippen molar-refractivity contribution in [2.24, 2.45) is 5.92 Å². The molecule has 18 heavy (non-hydrogen) atoms. The van der Waals surface area contributed by atoms with Gasteiger partial charge in [0.15, 0.2) is 0 Å². The molecule has 0 N–H and O–H groups in total. The van der Waals surface area contributed by atoms with Crippen LogP contribution in [0.2, 0.25) is 0 Å². The molecule has 0 bridgehead atoms. The van der Waals surface area contributed by atoms with E-state index in [-0.39, 0.29) is 5.91 Å². The smallest absolute Gasteiger partial charge is 0.253 e. The SMILES string of the molecule is CN(CC1CC1)C(=O)c1ccc2cnccc2c1. The fraction of sp³-hybridized carbons (Fsp3) is 0.333. The van der Waals surface area contributed by atoms with Crippen LogP contribution < -0.4 is 0 Å². The highest BCUT2D eigenvalue weighted by Gasteiger charge is 2.25. The van der Waals surface area contributed by atoms with Gasteiger partial charge < -0.3 is 4.90 Å².